The summed E-state index contributed by atoms with van der Waals surface area (Å²) in [6, 6.07) is 7.66. The highest BCUT2D eigenvalue weighted by molar-refractivity contribution is 5.79. The van der Waals surface area contributed by atoms with E-state index in [1.165, 1.54) is 21.9 Å². The van der Waals surface area contributed by atoms with Gasteiger partial charge in [-0.15, -0.1) is 10.2 Å². The van der Waals surface area contributed by atoms with Crippen molar-refractivity contribution in [2.75, 3.05) is 89.7 Å². The van der Waals surface area contributed by atoms with Crippen LogP contribution in [0.3, 0.4) is 0 Å². The standard InChI is InChI=1S/C32H45F3N6O10/c1-31(2,3)51-30(45)37-9-13-47-15-17-49-19-18-48-16-14-46-12-8-26(43)40-10-11-41(27(21-40)50-29(44)32(33,34)35)24-20-23(38-39-28(24)36)22-6-4-5-7-25(22)42/h4-7,20,27,42H,8-19,21H2,1-3H3,(H2,36,39)(H,37,45). The summed E-state index contributed by atoms with van der Waals surface area (Å²) in [6.07, 6.45) is -7.42. The summed E-state index contributed by atoms with van der Waals surface area (Å²) in [5.74, 6) is -3.11. The molecule has 1 unspecified atom stereocenters. The van der Waals surface area contributed by atoms with Gasteiger partial charge in [0.2, 0.25) is 5.91 Å². The van der Waals surface area contributed by atoms with E-state index in [4.69, 9.17) is 34.2 Å². The number of ether oxygens (including phenoxy) is 6. The summed E-state index contributed by atoms with van der Waals surface area (Å²) in [5.41, 5.74) is 6.05. The molecule has 2 heterocycles. The molecule has 1 fully saturated rings. The number of halogens is 3. The van der Waals surface area contributed by atoms with Crippen LogP contribution in [0.1, 0.15) is 27.2 Å². The maximum Gasteiger partial charge on any atom is 0.491 e. The van der Waals surface area contributed by atoms with Crippen molar-refractivity contribution in [3.05, 3.63) is 30.3 Å². The molecule has 1 aromatic carbocycles. The minimum Gasteiger partial charge on any atom is -0.507 e. The predicted octanol–water partition coefficient (Wildman–Crippen LogP) is 2.49. The lowest BCUT2D eigenvalue weighted by Gasteiger charge is -2.42. The van der Waals surface area contributed by atoms with Gasteiger partial charge in [0.25, 0.3) is 0 Å². The smallest absolute Gasteiger partial charge is 0.491 e. The molecule has 0 spiro atoms. The molecule has 1 aromatic heterocycles. The number of benzene rings is 1. The summed E-state index contributed by atoms with van der Waals surface area (Å²) < 4.78 is 71.1. The van der Waals surface area contributed by atoms with Crippen molar-refractivity contribution in [3.8, 4) is 17.0 Å². The molecular weight excluding hydrogens is 685 g/mol. The second-order valence-corrected chi connectivity index (χ2v) is 12.0. The SMILES string of the molecule is CC(C)(C)OC(=O)NCCOCCOCCOCCOCCC(=O)N1CCN(c2cc(-c3ccccc3O)nnc2N)C(OC(=O)C(F)(F)F)C1. The number of piperazine rings is 1. The monoisotopic (exact) mass is 730 g/mol. The zero-order valence-corrected chi connectivity index (χ0v) is 28.8. The van der Waals surface area contributed by atoms with Gasteiger partial charge in [-0.2, -0.15) is 13.2 Å². The Morgan fingerprint density at radius 2 is 1.53 bits per heavy atom. The van der Waals surface area contributed by atoms with Crippen LogP contribution in [0.2, 0.25) is 0 Å². The molecule has 2 amide bonds. The average Bonchev–Trinajstić information content (AvgIpc) is 3.06. The third kappa shape index (κ3) is 14.4. The first-order valence-electron chi connectivity index (χ1n) is 16.2. The number of phenols is 1. The molecular formula is C32H45F3N6O10. The van der Waals surface area contributed by atoms with Gasteiger partial charge in [-0.1, -0.05) is 12.1 Å². The van der Waals surface area contributed by atoms with Crippen LogP contribution in [0.4, 0.5) is 29.5 Å². The Morgan fingerprint density at radius 1 is 0.922 bits per heavy atom. The van der Waals surface area contributed by atoms with Gasteiger partial charge in [0.05, 0.1) is 77.2 Å². The number of anilines is 2. The third-order valence-corrected chi connectivity index (χ3v) is 6.94. The fourth-order valence-electron chi connectivity index (χ4n) is 4.61. The number of amides is 2. The van der Waals surface area contributed by atoms with Crippen LogP contribution >= 0.6 is 0 Å². The Labute approximate surface area is 293 Å². The topological polar surface area (TPSA) is 197 Å². The Balaban J connectivity index is 1.36. The number of carbonyl (C=O) groups excluding carboxylic acids is 3. The Hall–Kier alpha value is -4.46. The number of hydrogen-bond acceptors (Lipinski definition) is 14. The van der Waals surface area contributed by atoms with E-state index in [9.17, 15) is 32.7 Å². The van der Waals surface area contributed by atoms with E-state index >= 15 is 0 Å². The lowest BCUT2D eigenvalue weighted by Crippen LogP contribution is -2.57. The van der Waals surface area contributed by atoms with Crippen molar-refractivity contribution >= 4 is 29.5 Å². The minimum atomic E-state index is -5.28. The molecule has 3 rings (SSSR count). The van der Waals surface area contributed by atoms with Gasteiger partial charge in [0.15, 0.2) is 12.0 Å². The van der Waals surface area contributed by atoms with Crippen LogP contribution in [-0.2, 0) is 38.0 Å². The fraction of sp³-hybridized carbons (Fsp3) is 0.594. The second-order valence-electron chi connectivity index (χ2n) is 12.0. The molecule has 0 radical (unpaired) electrons. The first kappa shape index (κ1) is 41.0. The van der Waals surface area contributed by atoms with Gasteiger partial charge in [0.1, 0.15) is 11.4 Å². The molecule has 0 bridgehead atoms. The van der Waals surface area contributed by atoms with Crippen LogP contribution in [-0.4, -0.2) is 135 Å². The van der Waals surface area contributed by atoms with Gasteiger partial charge >= 0.3 is 18.2 Å². The third-order valence-electron chi connectivity index (χ3n) is 6.94. The lowest BCUT2D eigenvalue weighted by atomic mass is 10.1. The first-order chi connectivity index (χ1) is 24.2. The Bertz CT molecular complexity index is 1430. The van der Waals surface area contributed by atoms with Crippen molar-refractivity contribution in [1.82, 2.24) is 20.4 Å². The van der Waals surface area contributed by atoms with E-state index in [-0.39, 0.29) is 68.8 Å². The number of nitrogen functional groups attached to an aromatic ring is 1. The number of para-hydroxylation sites is 1. The van der Waals surface area contributed by atoms with Crippen molar-refractivity contribution in [1.29, 1.82) is 0 Å². The summed E-state index contributed by atoms with van der Waals surface area (Å²) in [4.78, 5) is 38.9. The van der Waals surface area contributed by atoms with Crippen LogP contribution in [0.15, 0.2) is 30.3 Å². The molecule has 1 aliphatic heterocycles. The van der Waals surface area contributed by atoms with Crippen molar-refractivity contribution in [2.45, 2.75) is 45.2 Å². The molecule has 1 saturated heterocycles. The quantitative estimate of drug-likeness (QED) is 0.149. The number of carbonyl (C=O) groups is 3. The highest BCUT2D eigenvalue weighted by Crippen LogP contribution is 2.33. The number of alkyl carbamates (subject to hydrolysis) is 1. The van der Waals surface area contributed by atoms with E-state index in [1.54, 1.807) is 39.0 Å². The number of rotatable bonds is 18. The number of phenolic OH excluding ortho intramolecular Hbond substituents is 1. The number of esters is 1. The van der Waals surface area contributed by atoms with Gasteiger partial charge in [0, 0.05) is 25.2 Å². The van der Waals surface area contributed by atoms with Gasteiger partial charge in [-0.25, -0.2) is 9.59 Å². The number of nitrogens with zero attached hydrogens (tertiary/aromatic N) is 4. The summed E-state index contributed by atoms with van der Waals surface area (Å²) in [6.45, 7) is 7.33. The zero-order valence-electron chi connectivity index (χ0n) is 28.8. The first-order valence-corrected chi connectivity index (χ1v) is 16.2. The van der Waals surface area contributed by atoms with Crippen LogP contribution in [0.25, 0.3) is 11.3 Å². The molecule has 1 aliphatic rings. The van der Waals surface area contributed by atoms with Crippen LogP contribution < -0.4 is 16.0 Å². The Morgan fingerprint density at radius 3 is 2.14 bits per heavy atom. The van der Waals surface area contributed by atoms with Crippen LogP contribution in [0.5, 0.6) is 5.75 Å². The van der Waals surface area contributed by atoms with E-state index in [1.807, 2.05) is 0 Å². The highest BCUT2D eigenvalue weighted by atomic mass is 19.4. The molecule has 19 heteroatoms. The van der Waals surface area contributed by atoms with Crippen molar-refractivity contribution in [2.24, 2.45) is 0 Å². The van der Waals surface area contributed by atoms with E-state index in [2.05, 4.69) is 15.5 Å². The van der Waals surface area contributed by atoms with E-state index in [0.717, 1.165) is 0 Å². The highest BCUT2D eigenvalue weighted by Gasteiger charge is 2.44. The van der Waals surface area contributed by atoms with E-state index < -0.39 is 36.0 Å². The maximum absolute atomic E-state index is 13.2. The lowest BCUT2D eigenvalue weighted by molar-refractivity contribution is -0.206. The molecule has 0 saturated carbocycles. The average molecular weight is 731 g/mol. The molecule has 2 aromatic rings. The summed E-state index contributed by atoms with van der Waals surface area (Å²) in [5, 5.41) is 20.7. The maximum atomic E-state index is 13.2. The van der Waals surface area contributed by atoms with Gasteiger partial charge in [-0.3, -0.25) is 4.79 Å². The molecule has 0 aliphatic carbocycles. The normalized spacial score (nSPS) is 15.1. The largest absolute Gasteiger partial charge is 0.507 e. The predicted molar refractivity (Wildman–Crippen MR) is 176 cm³/mol. The van der Waals surface area contributed by atoms with Gasteiger partial charge < -0.3 is 54.4 Å². The molecule has 284 valence electrons. The number of aromatic nitrogens is 2. The summed E-state index contributed by atoms with van der Waals surface area (Å²) >= 11 is 0. The molecule has 1 atom stereocenters. The number of nitrogens with two attached hydrogens (primary N) is 1. The van der Waals surface area contributed by atoms with Gasteiger partial charge in [-0.05, 0) is 39.0 Å². The molecule has 4 N–H and O–H groups in total. The zero-order chi connectivity index (χ0) is 37.4. The van der Waals surface area contributed by atoms with Crippen molar-refractivity contribution < 1.29 is 61.1 Å². The molecule has 16 nitrogen and oxygen atoms in total. The number of hydrogen-bond donors (Lipinski definition) is 3. The minimum absolute atomic E-state index is 0.0250. The molecule has 51 heavy (non-hydrogen) atoms. The summed E-state index contributed by atoms with van der Waals surface area (Å²) in [7, 11) is 0. The van der Waals surface area contributed by atoms with E-state index in [0.29, 0.717) is 45.1 Å². The van der Waals surface area contributed by atoms with Crippen LogP contribution in [0, 0.1) is 0 Å². The van der Waals surface area contributed by atoms with Crippen molar-refractivity contribution in [3.63, 3.8) is 0 Å². The number of nitrogens with one attached hydrogen (secondary N) is 1. The fourth-order valence-corrected chi connectivity index (χ4v) is 4.61. The Kier molecular flexibility index (Phi) is 15.9. The number of aromatic hydroxyl groups is 1. The number of alkyl halides is 3. The second kappa shape index (κ2) is 19.8.